The van der Waals surface area contributed by atoms with Gasteiger partial charge in [0.05, 0.1) is 29.6 Å². The van der Waals surface area contributed by atoms with Crippen molar-refractivity contribution < 1.29 is 4.79 Å². The Bertz CT molecular complexity index is 1440. The van der Waals surface area contributed by atoms with Crippen molar-refractivity contribution >= 4 is 23.2 Å². The maximum absolute atomic E-state index is 13.1. The van der Waals surface area contributed by atoms with Crippen LogP contribution >= 0.6 is 0 Å². The van der Waals surface area contributed by atoms with E-state index in [1.165, 1.54) is 6.33 Å². The van der Waals surface area contributed by atoms with Crippen LogP contribution in [0.5, 0.6) is 0 Å². The SMILES string of the molecule is Cc1ncccc1CC(=O)N1CCc2cc(-c3cc(Nc4ccnn4C)ncn3)cc(C#N)c21. The van der Waals surface area contributed by atoms with E-state index in [1.54, 1.807) is 28.0 Å². The zero-order chi connectivity index (χ0) is 23.7. The van der Waals surface area contributed by atoms with E-state index in [1.807, 2.05) is 44.3 Å². The van der Waals surface area contributed by atoms with Crippen LogP contribution in [0.4, 0.5) is 17.3 Å². The zero-order valence-electron chi connectivity index (χ0n) is 18.9. The zero-order valence-corrected chi connectivity index (χ0v) is 18.9. The molecule has 168 valence electrons. The van der Waals surface area contributed by atoms with Crippen molar-refractivity contribution in [1.82, 2.24) is 24.7 Å². The standard InChI is InChI=1S/C25H22N8O/c1-16-17(4-3-7-27-16)12-24(34)33-9-6-18-10-19(11-20(14-26)25(18)33)21-13-22(29-15-28-21)31-23-5-8-30-32(23)2/h3-5,7-8,10-11,13,15H,6,9,12H2,1-2H3,(H,28,29,31). The van der Waals surface area contributed by atoms with Gasteiger partial charge >= 0.3 is 0 Å². The van der Waals surface area contributed by atoms with E-state index in [9.17, 15) is 10.1 Å². The Morgan fingerprint density at radius 3 is 2.82 bits per heavy atom. The highest BCUT2D eigenvalue weighted by Crippen LogP contribution is 2.36. The quantitative estimate of drug-likeness (QED) is 0.496. The summed E-state index contributed by atoms with van der Waals surface area (Å²) in [5.41, 5.74) is 5.35. The summed E-state index contributed by atoms with van der Waals surface area (Å²) in [7, 11) is 1.84. The summed E-state index contributed by atoms with van der Waals surface area (Å²) >= 11 is 0. The molecule has 0 saturated carbocycles. The van der Waals surface area contributed by atoms with Gasteiger partial charge in [0.2, 0.25) is 5.91 Å². The minimum atomic E-state index is -0.0381. The highest BCUT2D eigenvalue weighted by molar-refractivity contribution is 5.99. The molecule has 1 aliphatic rings. The lowest BCUT2D eigenvalue weighted by Gasteiger charge is -2.19. The maximum Gasteiger partial charge on any atom is 0.231 e. The average Bonchev–Trinajstić information content (AvgIpc) is 3.46. The van der Waals surface area contributed by atoms with E-state index in [0.29, 0.717) is 35.7 Å². The van der Waals surface area contributed by atoms with Crippen LogP contribution in [0.15, 0.2) is 55.1 Å². The van der Waals surface area contributed by atoms with E-state index < -0.39 is 0 Å². The number of hydrogen-bond acceptors (Lipinski definition) is 7. The first-order valence-corrected chi connectivity index (χ1v) is 10.9. The number of aryl methyl sites for hydroxylation is 2. The molecule has 4 heterocycles. The van der Waals surface area contributed by atoms with Crippen LogP contribution in [0, 0.1) is 18.3 Å². The third kappa shape index (κ3) is 3.97. The van der Waals surface area contributed by atoms with E-state index in [-0.39, 0.29) is 12.3 Å². The van der Waals surface area contributed by atoms with Crippen molar-refractivity contribution in [1.29, 1.82) is 5.26 Å². The van der Waals surface area contributed by atoms with Gasteiger partial charge in [-0.3, -0.25) is 14.5 Å². The molecule has 0 saturated heterocycles. The first-order chi connectivity index (χ1) is 16.5. The second-order valence-corrected chi connectivity index (χ2v) is 8.12. The fourth-order valence-electron chi connectivity index (χ4n) is 4.20. The molecule has 0 fully saturated rings. The molecule has 1 N–H and O–H groups in total. The fourth-order valence-corrected chi connectivity index (χ4v) is 4.20. The van der Waals surface area contributed by atoms with E-state index in [2.05, 4.69) is 31.4 Å². The summed E-state index contributed by atoms with van der Waals surface area (Å²) in [4.78, 5) is 27.8. The number of pyridine rings is 1. The minimum Gasteiger partial charge on any atom is -0.325 e. The number of nitrogens with one attached hydrogen (secondary N) is 1. The first kappa shape index (κ1) is 21.3. The number of fused-ring (bicyclic) bond motifs is 1. The van der Waals surface area contributed by atoms with Gasteiger partial charge in [0.25, 0.3) is 0 Å². The number of amides is 1. The van der Waals surface area contributed by atoms with Gasteiger partial charge in [-0.2, -0.15) is 10.4 Å². The smallest absolute Gasteiger partial charge is 0.231 e. The van der Waals surface area contributed by atoms with Gasteiger partial charge in [-0.15, -0.1) is 0 Å². The molecule has 4 aromatic rings. The highest BCUT2D eigenvalue weighted by Gasteiger charge is 2.29. The van der Waals surface area contributed by atoms with Crippen LogP contribution < -0.4 is 10.2 Å². The monoisotopic (exact) mass is 450 g/mol. The van der Waals surface area contributed by atoms with Crippen LogP contribution in [0.3, 0.4) is 0 Å². The van der Waals surface area contributed by atoms with Gasteiger partial charge in [-0.1, -0.05) is 6.07 Å². The van der Waals surface area contributed by atoms with Crippen LogP contribution in [-0.2, 0) is 24.7 Å². The number of benzene rings is 1. The Hall–Kier alpha value is -4.58. The molecule has 5 rings (SSSR count). The number of nitriles is 1. The lowest BCUT2D eigenvalue weighted by molar-refractivity contribution is -0.117. The van der Waals surface area contributed by atoms with Crippen molar-refractivity contribution in [3.8, 4) is 17.3 Å². The number of carbonyl (C=O) groups is 1. The average molecular weight is 451 g/mol. The molecule has 0 bridgehead atoms. The minimum absolute atomic E-state index is 0.0381. The summed E-state index contributed by atoms with van der Waals surface area (Å²) in [5, 5.41) is 17.3. The van der Waals surface area contributed by atoms with Crippen molar-refractivity contribution in [3.63, 3.8) is 0 Å². The molecular weight excluding hydrogens is 428 g/mol. The molecular formula is C25H22N8O. The van der Waals surface area contributed by atoms with E-state index >= 15 is 0 Å². The molecule has 1 aliphatic heterocycles. The van der Waals surface area contributed by atoms with Gasteiger partial charge in [-0.05, 0) is 42.7 Å². The normalized spacial score (nSPS) is 12.3. The number of hydrogen-bond donors (Lipinski definition) is 1. The Balaban J connectivity index is 1.44. The third-order valence-electron chi connectivity index (χ3n) is 5.98. The molecule has 1 amide bonds. The Morgan fingerprint density at radius 1 is 1.18 bits per heavy atom. The van der Waals surface area contributed by atoms with E-state index in [4.69, 9.17) is 0 Å². The second kappa shape index (κ2) is 8.75. The van der Waals surface area contributed by atoms with Crippen molar-refractivity contribution in [3.05, 3.63) is 77.5 Å². The predicted molar refractivity (Wildman–Crippen MR) is 127 cm³/mol. The van der Waals surface area contributed by atoms with Crippen molar-refractivity contribution in [2.45, 2.75) is 19.8 Å². The molecule has 0 aliphatic carbocycles. The van der Waals surface area contributed by atoms with Gasteiger partial charge in [-0.25, -0.2) is 9.97 Å². The van der Waals surface area contributed by atoms with Crippen LogP contribution in [0.2, 0.25) is 0 Å². The number of anilines is 3. The molecule has 0 atom stereocenters. The molecule has 9 heteroatoms. The van der Waals surface area contributed by atoms with E-state index in [0.717, 1.165) is 28.2 Å². The fraction of sp³-hybridized carbons (Fsp3) is 0.200. The Labute approximate surface area is 196 Å². The summed E-state index contributed by atoms with van der Waals surface area (Å²) in [6.45, 7) is 2.44. The third-order valence-corrected chi connectivity index (χ3v) is 5.98. The van der Waals surface area contributed by atoms with Crippen molar-refractivity contribution in [2.24, 2.45) is 7.05 Å². The number of nitrogens with zero attached hydrogens (tertiary/aromatic N) is 7. The topological polar surface area (TPSA) is 113 Å². The number of aromatic nitrogens is 5. The molecule has 34 heavy (non-hydrogen) atoms. The van der Waals surface area contributed by atoms with Gasteiger partial charge in [0.15, 0.2) is 0 Å². The molecule has 3 aromatic heterocycles. The number of carbonyl (C=O) groups excluding carboxylic acids is 1. The highest BCUT2D eigenvalue weighted by atomic mass is 16.2. The Morgan fingerprint density at radius 2 is 2.06 bits per heavy atom. The lowest BCUT2D eigenvalue weighted by atomic mass is 10.0. The molecule has 0 radical (unpaired) electrons. The van der Waals surface area contributed by atoms with Gasteiger partial charge in [0, 0.05) is 43.2 Å². The first-order valence-electron chi connectivity index (χ1n) is 10.9. The van der Waals surface area contributed by atoms with Gasteiger partial charge < -0.3 is 10.2 Å². The predicted octanol–water partition coefficient (Wildman–Crippen LogP) is 3.33. The maximum atomic E-state index is 13.1. The second-order valence-electron chi connectivity index (χ2n) is 8.12. The summed E-state index contributed by atoms with van der Waals surface area (Å²) in [5.74, 6) is 1.38. The Kier molecular flexibility index (Phi) is 5.47. The largest absolute Gasteiger partial charge is 0.325 e. The van der Waals surface area contributed by atoms with Crippen molar-refractivity contribution in [2.75, 3.05) is 16.8 Å². The lowest BCUT2D eigenvalue weighted by Crippen LogP contribution is -2.31. The summed E-state index contributed by atoms with van der Waals surface area (Å²) in [6, 6.07) is 13.5. The molecule has 0 unspecified atom stereocenters. The van der Waals surface area contributed by atoms with Crippen LogP contribution in [-0.4, -0.2) is 37.2 Å². The summed E-state index contributed by atoms with van der Waals surface area (Å²) < 4.78 is 1.71. The molecule has 1 aromatic carbocycles. The molecule has 0 spiro atoms. The molecule has 9 nitrogen and oxygen atoms in total. The number of rotatable bonds is 5. The van der Waals surface area contributed by atoms with Gasteiger partial charge in [0.1, 0.15) is 24.0 Å². The van der Waals surface area contributed by atoms with Crippen LogP contribution in [0.1, 0.15) is 22.4 Å². The van der Waals surface area contributed by atoms with Crippen LogP contribution in [0.25, 0.3) is 11.3 Å². The summed E-state index contributed by atoms with van der Waals surface area (Å²) in [6.07, 6.45) is 5.84.